The molecule has 0 amide bonds. The van der Waals surface area contributed by atoms with E-state index in [0.717, 1.165) is 31.3 Å². The molecule has 0 bridgehead atoms. The van der Waals surface area contributed by atoms with E-state index in [2.05, 4.69) is 37.0 Å². The summed E-state index contributed by atoms with van der Waals surface area (Å²) in [4.78, 5) is 12.1. The molecule has 2 nitrogen and oxygen atoms in total. The third-order valence-corrected chi connectivity index (χ3v) is 8.18. The molecule has 1 N–H and O–H groups in total. The van der Waals surface area contributed by atoms with E-state index in [1.54, 1.807) is 0 Å². The summed E-state index contributed by atoms with van der Waals surface area (Å²) in [6.07, 6.45) is 6.77. The molecular weight excluding hydrogens is 356 g/mol. The van der Waals surface area contributed by atoms with Crippen molar-refractivity contribution in [2.45, 2.75) is 64.4 Å². The molecule has 0 heterocycles. The summed E-state index contributed by atoms with van der Waals surface area (Å²) < 4.78 is 0. The summed E-state index contributed by atoms with van der Waals surface area (Å²) in [6, 6.07) is 11.8. The molecule has 0 spiro atoms. The van der Waals surface area contributed by atoms with E-state index >= 15 is 0 Å². The summed E-state index contributed by atoms with van der Waals surface area (Å²) in [6.45, 7) is 4.36. The first-order valence-electron chi connectivity index (χ1n) is 11.1. The Bertz CT molecular complexity index is 957. The first kappa shape index (κ1) is 18.9. The number of allylic oxidation sites excluding steroid dienone is 2. The second-order valence-electron chi connectivity index (χ2n) is 9.58. The van der Waals surface area contributed by atoms with E-state index < -0.39 is 6.10 Å². The predicted molar refractivity (Wildman–Crippen MR) is 114 cm³/mol. The van der Waals surface area contributed by atoms with Gasteiger partial charge in [-0.15, -0.1) is 5.92 Å². The van der Waals surface area contributed by atoms with Crippen LogP contribution < -0.4 is 0 Å². The summed E-state index contributed by atoms with van der Waals surface area (Å²) in [5.74, 6) is 8.19. The van der Waals surface area contributed by atoms with Crippen molar-refractivity contribution in [1.82, 2.24) is 0 Å². The van der Waals surface area contributed by atoms with Crippen molar-refractivity contribution in [2.75, 3.05) is 0 Å². The SMILES string of the molecule is CC#CC1CCC2C3C(=C4CCC(=O)C=C4CC3O)C(c3[c]cccc3)C[C@]12C. The second-order valence-corrected chi connectivity index (χ2v) is 9.58. The maximum absolute atomic E-state index is 12.1. The van der Waals surface area contributed by atoms with Crippen LogP contribution in [0.5, 0.6) is 0 Å². The van der Waals surface area contributed by atoms with Gasteiger partial charge in [-0.1, -0.05) is 42.7 Å². The minimum atomic E-state index is -0.407. The van der Waals surface area contributed by atoms with Crippen molar-refractivity contribution < 1.29 is 9.90 Å². The highest BCUT2D eigenvalue weighted by molar-refractivity contribution is 5.93. The Morgan fingerprint density at radius 2 is 2.10 bits per heavy atom. The number of carbonyl (C=O) groups excluding carboxylic acids is 1. The van der Waals surface area contributed by atoms with Crippen molar-refractivity contribution in [1.29, 1.82) is 0 Å². The van der Waals surface area contributed by atoms with Gasteiger partial charge < -0.3 is 5.11 Å². The van der Waals surface area contributed by atoms with Crippen LogP contribution in [0.3, 0.4) is 0 Å². The summed E-state index contributed by atoms with van der Waals surface area (Å²) >= 11 is 0. The van der Waals surface area contributed by atoms with Crippen LogP contribution in [0.15, 0.2) is 47.1 Å². The Labute approximate surface area is 174 Å². The van der Waals surface area contributed by atoms with Crippen LogP contribution in [0, 0.1) is 41.1 Å². The first-order valence-corrected chi connectivity index (χ1v) is 11.1. The number of hydrogen-bond donors (Lipinski definition) is 1. The molecule has 6 atom stereocenters. The van der Waals surface area contributed by atoms with Crippen LogP contribution in [0.25, 0.3) is 0 Å². The third kappa shape index (κ3) is 2.86. The highest BCUT2D eigenvalue weighted by atomic mass is 16.3. The molecule has 1 aromatic rings. The Hall–Kier alpha value is -2.11. The molecule has 1 radical (unpaired) electrons. The minimum Gasteiger partial charge on any atom is -0.392 e. The van der Waals surface area contributed by atoms with Crippen LogP contribution >= 0.6 is 0 Å². The molecule has 0 aliphatic heterocycles. The molecule has 0 aromatic heterocycles. The Morgan fingerprint density at radius 1 is 1.24 bits per heavy atom. The number of fused-ring (bicyclic) bond motifs is 4. The van der Waals surface area contributed by atoms with Crippen molar-refractivity contribution in [2.24, 2.45) is 23.2 Å². The highest BCUT2D eigenvalue weighted by Crippen LogP contribution is 2.65. The van der Waals surface area contributed by atoms with Gasteiger partial charge in [0.05, 0.1) is 6.10 Å². The molecule has 2 heteroatoms. The fourth-order valence-corrected chi connectivity index (χ4v) is 6.97. The zero-order valence-corrected chi connectivity index (χ0v) is 17.4. The zero-order valence-electron chi connectivity index (χ0n) is 17.4. The molecule has 5 rings (SSSR count). The Balaban J connectivity index is 1.71. The lowest BCUT2D eigenvalue weighted by Crippen LogP contribution is -2.48. The normalized spacial score (nSPS) is 38.4. The van der Waals surface area contributed by atoms with Gasteiger partial charge in [0, 0.05) is 24.2 Å². The average Bonchev–Trinajstić information content (AvgIpc) is 3.04. The van der Waals surface area contributed by atoms with Gasteiger partial charge in [0.2, 0.25) is 0 Å². The Morgan fingerprint density at radius 3 is 2.86 bits per heavy atom. The summed E-state index contributed by atoms with van der Waals surface area (Å²) in [5, 5.41) is 11.3. The van der Waals surface area contributed by atoms with Gasteiger partial charge in [-0.05, 0) is 79.2 Å². The number of rotatable bonds is 1. The van der Waals surface area contributed by atoms with E-state index in [9.17, 15) is 9.90 Å². The predicted octanol–water partition coefficient (Wildman–Crippen LogP) is 5.00. The van der Waals surface area contributed by atoms with Crippen LogP contribution in [0.4, 0.5) is 0 Å². The number of aliphatic hydroxyl groups is 1. The van der Waals surface area contributed by atoms with Crippen molar-refractivity contribution in [3.8, 4) is 11.8 Å². The van der Waals surface area contributed by atoms with Crippen molar-refractivity contribution in [3.63, 3.8) is 0 Å². The number of hydrogen-bond acceptors (Lipinski definition) is 2. The molecule has 4 aliphatic carbocycles. The molecule has 2 saturated carbocycles. The third-order valence-electron chi connectivity index (χ3n) is 8.18. The maximum atomic E-state index is 12.1. The number of benzene rings is 1. The highest BCUT2D eigenvalue weighted by Gasteiger charge is 2.58. The molecule has 29 heavy (non-hydrogen) atoms. The van der Waals surface area contributed by atoms with Gasteiger partial charge in [-0.25, -0.2) is 0 Å². The molecule has 5 unspecified atom stereocenters. The molecule has 4 aliphatic rings. The average molecular weight is 386 g/mol. The summed E-state index contributed by atoms with van der Waals surface area (Å²) in [7, 11) is 0. The van der Waals surface area contributed by atoms with Gasteiger partial charge in [0.15, 0.2) is 5.78 Å². The molecule has 1 aromatic carbocycles. The van der Waals surface area contributed by atoms with E-state index in [-0.39, 0.29) is 23.0 Å². The minimum absolute atomic E-state index is 0.110. The fraction of sp³-hybridized carbons (Fsp3) is 0.519. The van der Waals surface area contributed by atoms with Crippen LogP contribution in [0.2, 0.25) is 0 Å². The van der Waals surface area contributed by atoms with Gasteiger partial charge in [0.1, 0.15) is 0 Å². The largest absolute Gasteiger partial charge is 0.392 e. The lowest BCUT2D eigenvalue weighted by molar-refractivity contribution is -0.114. The van der Waals surface area contributed by atoms with E-state index in [1.807, 2.05) is 25.1 Å². The van der Waals surface area contributed by atoms with Gasteiger partial charge in [0.25, 0.3) is 0 Å². The summed E-state index contributed by atoms with van der Waals surface area (Å²) in [5.41, 5.74) is 5.21. The quantitative estimate of drug-likeness (QED) is 0.691. The van der Waals surface area contributed by atoms with Gasteiger partial charge >= 0.3 is 0 Å². The Kier molecular flexibility index (Phi) is 4.56. The lowest BCUT2D eigenvalue weighted by atomic mass is 9.51. The number of carbonyl (C=O) groups is 1. The van der Waals surface area contributed by atoms with E-state index in [4.69, 9.17) is 0 Å². The zero-order chi connectivity index (χ0) is 20.2. The van der Waals surface area contributed by atoms with Crippen LogP contribution in [-0.4, -0.2) is 17.0 Å². The molecular formula is C27H29O2. The van der Waals surface area contributed by atoms with E-state index in [1.165, 1.54) is 16.7 Å². The smallest absolute Gasteiger partial charge is 0.156 e. The molecule has 2 fully saturated rings. The standard InChI is InChI=1S/C27H29O2/c1-3-7-19-10-13-23-26-24(29)15-18-14-20(28)11-12-21(18)25(26)22(16-27(19,23)2)17-8-5-4-6-9-17/h4-6,8,14,19,22-24,26,29H,10-13,15-16H2,1-2H3/t19?,22?,23?,24?,26?,27-/m1/s1. The topological polar surface area (TPSA) is 37.3 Å². The van der Waals surface area contributed by atoms with Crippen LogP contribution in [-0.2, 0) is 4.79 Å². The molecule has 149 valence electrons. The van der Waals surface area contributed by atoms with Gasteiger partial charge in [-0.3, -0.25) is 4.79 Å². The number of ketones is 1. The van der Waals surface area contributed by atoms with Crippen molar-refractivity contribution >= 4 is 5.78 Å². The van der Waals surface area contributed by atoms with E-state index in [0.29, 0.717) is 24.7 Å². The fourth-order valence-electron chi connectivity index (χ4n) is 6.97. The van der Waals surface area contributed by atoms with Crippen LogP contribution in [0.1, 0.15) is 63.9 Å². The maximum Gasteiger partial charge on any atom is 0.156 e. The molecule has 0 saturated heterocycles. The number of aliphatic hydroxyl groups excluding tert-OH is 1. The van der Waals surface area contributed by atoms with Gasteiger partial charge in [-0.2, -0.15) is 0 Å². The monoisotopic (exact) mass is 385 g/mol. The van der Waals surface area contributed by atoms with Crippen molar-refractivity contribution in [3.05, 3.63) is 58.7 Å². The lowest BCUT2D eigenvalue weighted by Gasteiger charge is -2.53. The second kappa shape index (κ2) is 6.99. The first-order chi connectivity index (χ1) is 14.0.